The number of rotatable bonds is 3. The maximum Gasteiger partial charge on any atom is 0.273 e. The van der Waals surface area contributed by atoms with Gasteiger partial charge < -0.3 is 15.4 Å². The number of nitrogens with zero attached hydrogens (tertiary/aromatic N) is 2. The molecule has 0 spiro atoms. The van der Waals surface area contributed by atoms with Crippen molar-refractivity contribution in [2.45, 2.75) is 18.9 Å². The van der Waals surface area contributed by atoms with Crippen molar-refractivity contribution < 1.29 is 14.3 Å². The third-order valence-electron chi connectivity index (χ3n) is 4.86. The number of hydrogen-bond acceptors (Lipinski definition) is 4. The summed E-state index contributed by atoms with van der Waals surface area (Å²) >= 11 is 0. The molecule has 0 radical (unpaired) electrons. The molecule has 0 saturated carbocycles. The number of carbonyl (C=O) groups is 2. The second-order valence-electron chi connectivity index (χ2n) is 6.65. The summed E-state index contributed by atoms with van der Waals surface area (Å²) in [6.07, 6.45) is 1.26. The van der Waals surface area contributed by atoms with E-state index in [4.69, 9.17) is 10.5 Å². The van der Waals surface area contributed by atoms with Gasteiger partial charge in [-0.05, 0) is 31.0 Å². The van der Waals surface area contributed by atoms with E-state index >= 15 is 0 Å². The smallest absolute Gasteiger partial charge is 0.273 e. The van der Waals surface area contributed by atoms with Gasteiger partial charge in [-0.1, -0.05) is 30.3 Å². The maximum atomic E-state index is 13.1. The second-order valence-corrected chi connectivity index (χ2v) is 6.65. The monoisotopic (exact) mass is 351 g/mol. The fraction of sp³-hybridized carbons (Fsp3) is 0.300. The Morgan fingerprint density at radius 2 is 1.85 bits per heavy atom. The van der Waals surface area contributed by atoms with Gasteiger partial charge in [-0.25, -0.2) is 0 Å². The van der Waals surface area contributed by atoms with Crippen LogP contribution in [0.4, 0.5) is 11.4 Å². The molecule has 2 aliphatic heterocycles. The average molecular weight is 351 g/mol. The number of amides is 2. The van der Waals surface area contributed by atoms with E-state index in [1.54, 1.807) is 18.2 Å². The first kappa shape index (κ1) is 16.4. The lowest BCUT2D eigenvalue weighted by Gasteiger charge is -2.35. The van der Waals surface area contributed by atoms with Crippen LogP contribution < -0.4 is 15.4 Å². The molecular weight excluding hydrogens is 330 g/mol. The summed E-state index contributed by atoms with van der Waals surface area (Å²) in [6.45, 7) is 1.51. The van der Waals surface area contributed by atoms with Gasteiger partial charge in [-0.2, -0.15) is 0 Å². The van der Waals surface area contributed by atoms with Crippen molar-refractivity contribution in [2.24, 2.45) is 0 Å². The Hall–Kier alpha value is -3.02. The summed E-state index contributed by atoms with van der Waals surface area (Å²) in [5.41, 5.74) is 7.74. The topological polar surface area (TPSA) is 75.9 Å². The van der Waals surface area contributed by atoms with Gasteiger partial charge in [0.1, 0.15) is 12.3 Å². The number of fused-ring (bicyclic) bond motifs is 1. The van der Waals surface area contributed by atoms with Gasteiger partial charge in [0.25, 0.3) is 5.91 Å². The number of nitrogens with two attached hydrogens (primary N) is 1. The van der Waals surface area contributed by atoms with Crippen LogP contribution in [-0.2, 0) is 9.59 Å². The first-order chi connectivity index (χ1) is 12.6. The lowest BCUT2D eigenvalue weighted by atomic mass is 10.0. The zero-order valence-corrected chi connectivity index (χ0v) is 14.4. The molecule has 4 rings (SSSR count). The molecule has 2 amide bonds. The largest absolute Gasteiger partial charge is 0.474 e. The molecule has 134 valence electrons. The highest BCUT2D eigenvalue weighted by atomic mass is 16.5. The van der Waals surface area contributed by atoms with Crippen LogP contribution >= 0.6 is 0 Å². The number of nitrogen functional groups attached to an aromatic ring is 1. The molecule has 2 aromatic carbocycles. The summed E-state index contributed by atoms with van der Waals surface area (Å²) in [5.74, 6) is 0.265. The van der Waals surface area contributed by atoms with Crippen LogP contribution in [0.2, 0.25) is 0 Å². The molecule has 1 atom stereocenters. The highest BCUT2D eigenvalue weighted by Gasteiger charge is 2.37. The number of benzene rings is 2. The third kappa shape index (κ3) is 2.98. The van der Waals surface area contributed by atoms with Crippen molar-refractivity contribution in [3.05, 3.63) is 54.1 Å². The molecular formula is C20H21N3O3. The normalized spacial score (nSPS) is 19.2. The van der Waals surface area contributed by atoms with Crippen LogP contribution in [-0.4, -0.2) is 36.3 Å². The van der Waals surface area contributed by atoms with Gasteiger partial charge in [-0.3, -0.25) is 14.5 Å². The zero-order chi connectivity index (χ0) is 18.1. The highest BCUT2D eigenvalue weighted by Crippen LogP contribution is 2.40. The standard InChI is InChI=1S/C20H21N3O3/c21-15-8-9-17-16(12-15)23(13-18(24)22-10-4-5-11-22)20(25)19(26-17)14-6-2-1-3-7-14/h1-3,6-9,12,19H,4-5,10-11,13,21H2. The van der Waals surface area contributed by atoms with Gasteiger partial charge in [-0.15, -0.1) is 0 Å². The summed E-state index contributed by atoms with van der Waals surface area (Å²) in [5, 5.41) is 0. The Labute approximate surface area is 152 Å². The minimum absolute atomic E-state index is 0.00196. The molecule has 6 nitrogen and oxygen atoms in total. The Balaban J connectivity index is 1.68. The van der Waals surface area contributed by atoms with Crippen LogP contribution in [0.15, 0.2) is 48.5 Å². The van der Waals surface area contributed by atoms with Gasteiger partial charge in [0.15, 0.2) is 0 Å². The predicted molar refractivity (Wildman–Crippen MR) is 98.8 cm³/mol. The number of ether oxygens (including phenoxy) is 1. The zero-order valence-electron chi connectivity index (χ0n) is 14.4. The molecule has 2 N–H and O–H groups in total. The number of hydrogen-bond donors (Lipinski definition) is 1. The lowest BCUT2D eigenvalue weighted by molar-refractivity contribution is -0.132. The van der Waals surface area contributed by atoms with E-state index in [-0.39, 0.29) is 18.4 Å². The fourth-order valence-corrected chi connectivity index (χ4v) is 3.49. The molecule has 26 heavy (non-hydrogen) atoms. The van der Waals surface area contributed by atoms with Crippen molar-refractivity contribution in [1.29, 1.82) is 0 Å². The van der Waals surface area contributed by atoms with E-state index < -0.39 is 6.10 Å². The van der Waals surface area contributed by atoms with Gasteiger partial charge in [0, 0.05) is 24.3 Å². The first-order valence-electron chi connectivity index (χ1n) is 8.84. The maximum absolute atomic E-state index is 13.1. The van der Waals surface area contributed by atoms with E-state index in [0.717, 1.165) is 31.5 Å². The Morgan fingerprint density at radius 3 is 2.58 bits per heavy atom. The molecule has 1 saturated heterocycles. The first-order valence-corrected chi connectivity index (χ1v) is 8.84. The average Bonchev–Trinajstić information content (AvgIpc) is 3.19. The van der Waals surface area contributed by atoms with Crippen LogP contribution in [0.3, 0.4) is 0 Å². The van der Waals surface area contributed by atoms with Gasteiger partial charge in [0.2, 0.25) is 12.0 Å². The fourth-order valence-electron chi connectivity index (χ4n) is 3.49. The molecule has 0 aliphatic carbocycles. The van der Waals surface area contributed by atoms with Crippen LogP contribution in [0.25, 0.3) is 0 Å². The minimum Gasteiger partial charge on any atom is -0.474 e. The molecule has 2 aromatic rings. The number of carbonyl (C=O) groups excluding carboxylic acids is 2. The summed E-state index contributed by atoms with van der Waals surface area (Å²) < 4.78 is 5.95. The summed E-state index contributed by atoms with van der Waals surface area (Å²) in [6, 6.07) is 14.5. The molecule has 2 heterocycles. The molecule has 6 heteroatoms. The molecule has 2 aliphatic rings. The van der Waals surface area contributed by atoms with E-state index in [1.807, 2.05) is 35.2 Å². The highest BCUT2D eigenvalue weighted by molar-refractivity contribution is 6.04. The molecule has 1 unspecified atom stereocenters. The van der Waals surface area contributed by atoms with Crippen molar-refractivity contribution >= 4 is 23.2 Å². The molecule has 0 aromatic heterocycles. The summed E-state index contributed by atoms with van der Waals surface area (Å²) in [4.78, 5) is 29.1. The second kappa shape index (κ2) is 6.71. The third-order valence-corrected chi connectivity index (χ3v) is 4.86. The quantitative estimate of drug-likeness (QED) is 0.862. The van der Waals surface area contributed by atoms with Gasteiger partial charge in [0.05, 0.1) is 5.69 Å². The Morgan fingerprint density at radius 1 is 1.12 bits per heavy atom. The molecule has 0 bridgehead atoms. The number of likely N-dealkylation sites (tertiary alicyclic amines) is 1. The number of anilines is 2. The lowest BCUT2D eigenvalue weighted by Crippen LogP contribution is -2.47. The van der Waals surface area contributed by atoms with Crippen molar-refractivity contribution in [2.75, 3.05) is 30.3 Å². The molecule has 1 fully saturated rings. The van der Waals surface area contributed by atoms with Crippen LogP contribution in [0.1, 0.15) is 24.5 Å². The predicted octanol–water partition coefficient (Wildman–Crippen LogP) is 2.36. The van der Waals surface area contributed by atoms with Gasteiger partial charge >= 0.3 is 0 Å². The minimum atomic E-state index is -0.765. The van der Waals surface area contributed by atoms with E-state index in [1.165, 1.54) is 4.90 Å². The Kier molecular flexibility index (Phi) is 4.24. The van der Waals surface area contributed by atoms with Crippen molar-refractivity contribution in [3.63, 3.8) is 0 Å². The summed E-state index contributed by atoms with van der Waals surface area (Å²) in [7, 11) is 0. The van der Waals surface area contributed by atoms with E-state index in [2.05, 4.69) is 0 Å². The Bertz CT molecular complexity index is 831. The van der Waals surface area contributed by atoms with Crippen LogP contribution in [0, 0.1) is 0 Å². The van der Waals surface area contributed by atoms with Crippen LogP contribution in [0.5, 0.6) is 5.75 Å². The SMILES string of the molecule is Nc1ccc2c(c1)N(CC(=O)N1CCCC1)C(=O)C(c1ccccc1)O2. The van der Waals surface area contributed by atoms with E-state index in [9.17, 15) is 9.59 Å². The van der Waals surface area contributed by atoms with Crippen molar-refractivity contribution in [1.82, 2.24) is 4.90 Å². The van der Waals surface area contributed by atoms with E-state index in [0.29, 0.717) is 17.1 Å². The van der Waals surface area contributed by atoms with Crippen molar-refractivity contribution in [3.8, 4) is 5.75 Å².